The molecule has 134 valence electrons. The zero-order chi connectivity index (χ0) is 19.1. The number of hydrogen-bond donors (Lipinski definition) is 0. The minimum atomic E-state index is 0.908. The lowest BCUT2D eigenvalue weighted by Crippen LogP contribution is -1.84. The van der Waals surface area contributed by atoms with Crippen molar-refractivity contribution in [3.8, 4) is 0 Å². The van der Waals surface area contributed by atoms with Crippen LogP contribution in [-0.4, -0.2) is 0 Å². The third-order valence-electron chi connectivity index (χ3n) is 5.60. The van der Waals surface area contributed by atoms with Crippen molar-refractivity contribution in [1.29, 1.82) is 0 Å². The summed E-state index contributed by atoms with van der Waals surface area (Å²) in [6.45, 7) is 7.71. The van der Waals surface area contributed by atoms with E-state index in [4.69, 9.17) is 0 Å². The Morgan fingerprint density at radius 2 is 0.750 bits per heavy atom. The Morgan fingerprint density at radius 3 is 1.11 bits per heavy atom. The first kappa shape index (κ1) is 16.8. The van der Waals surface area contributed by atoms with E-state index in [9.17, 15) is 0 Å². The van der Waals surface area contributed by atoms with Gasteiger partial charge in [0.15, 0.2) is 0 Å². The summed E-state index contributed by atoms with van der Waals surface area (Å²) in [5.74, 6) is 0. The number of hydrogen-bond acceptors (Lipinski definition) is 0. The van der Waals surface area contributed by atoms with Crippen LogP contribution in [0.1, 0.15) is 11.1 Å². The molecule has 0 aliphatic rings. The first-order valence-electron chi connectivity index (χ1n) is 9.78. The third kappa shape index (κ3) is 2.88. The molecule has 0 bridgehead atoms. The van der Waals surface area contributed by atoms with Crippen molar-refractivity contribution >= 4 is 43.1 Å². The van der Waals surface area contributed by atoms with Crippen LogP contribution in [0.3, 0.4) is 0 Å². The highest BCUT2D eigenvalue weighted by molar-refractivity contribution is 6.08. The molecule has 0 aromatic heterocycles. The van der Waals surface area contributed by atoms with Crippen LogP contribution >= 0.6 is 0 Å². The minimum Gasteiger partial charge on any atom is -0.103 e. The molecule has 28 heavy (non-hydrogen) atoms. The fourth-order valence-electron chi connectivity index (χ4n) is 4.19. The first-order valence-corrected chi connectivity index (χ1v) is 9.78. The highest BCUT2D eigenvalue weighted by Crippen LogP contribution is 2.31. The fourth-order valence-corrected chi connectivity index (χ4v) is 4.19. The Bertz CT molecular complexity index is 1280. The van der Waals surface area contributed by atoms with E-state index in [0.717, 1.165) is 12.8 Å². The Labute approximate surface area is 165 Å². The van der Waals surface area contributed by atoms with Gasteiger partial charge >= 0.3 is 0 Å². The molecule has 0 fully saturated rings. The molecule has 5 aromatic rings. The second kappa shape index (κ2) is 6.65. The van der Waals surface area contributed by atoms with E-state index in [-0.39, 0.29) is 0 Å². The zero-order valence-electron chi connectivity index (χ0n) is 15.9. The van der Waals surface area contributed by atoms with Crippen LogP contribution in [0.4, 0.5) is 0 Å². The van der Waals surface area contributed by atoms with Crippen molar-refractivity contribution in [2.24, 2.45) is 0 Å². The summed E-state index contributed by atoms with van der Waals surface area (Å²) in [4.78, 5) is 0. The molecule has 0 aliphatic carbocycles. The minimum absolute atomic E-state index is 0.908. The van der Waals surface area contributed by atoms with Crippen LogP contribution in [0.5, 0.6) is 0 Å². The number of rotatable bonds is 4. The Morgan fingerprint density at radius 1 is 0.429 bits per heavy atom. The van der Waals surface area contributed by atoms with Crippen molar-refractivity contribution in [1.82, 2.24) is 0 Å². The van der Waals surface area contributed by atoms with Gasteiger partial charge in [0.05, 0.1) is 0 Å². The fraction of sp³-hybridized carbons (Fsp3) is 0.0714. The zero-order valence-corrected chi connectivity index (χ0v) is 15.9. The first-order chi connectivity index (χ1) is 13.7. The maximum Gasteiger partial charge on any atom is -0.00999 e. The number of fused-ring (bicyclic) bond motifs is 4. The lowest BCUT2D eigenvalue weighted by Gasteiger charge is -2.09. The maximum atomic E-state index is 3.86. The van der Waals surface area contributed by atoms with E-state index < -0.39 is 0 Å². The summed E-state index contributed by atoms with van der Waals surface area (Å²) < 4.78 is 0. The number of benzene rings is 5. The highest BCUT2D eigenvalue weighted by Gasteiger charge is 2.05. The van der Waals surface area contributed by atoms with Gasteiger partial charge in [-0.05, 0) is 103 Å². The largest absolute Gasteiger partial charge is 0.103 e. The molecule has 0 saturated heterocycles. The normalized spacial score (nSPS) is 11.4. The molecule has 5 aromatic carbocycles. The summed E-state index contributed by atoms with van der Waals surface area (Å²) in [7, 11) is 0. The SMILES string of the molecule is C=CCc1ccc2cc3cc4cc5cc(CC=C)ccc5cc4cc3cc2c1. The summed E-state index contributed by atoms with van der Waals surface area (Å²) >= 11 is 0. The highest BCUT2D eigenvalue weighted by atomic mass is 14.1. The topological polar surface area (TPSA) is 0 Å². The van der Waals surface area contributed by atoms with Crippen molar-refractivity contribution in [2.45, 2.75) is 12.8 Å². The van der Waals surface area contributed by atoms with Crippen LogP contribution < -0.4 is 0 Å². The predicted molar refractivity (Wildman–Crippen MR) is 124 cm³/mol. The van der Waals surface area contributed by atoms with E-state index in [1.165, 1.54) is 54.2 Å². The van der Waals surface area contributed by atoms with E-state index >= 15 is 0 Å². The average molecular weight is 358 g/mol. The van der Waals surface area contributed by atoms with E-state index in [0.29, 0.717) is 0 Å². The van der Waals surface area contributed by atoms with Crippen molar-refractivity contribution < 1.29 is 0 Å². The summed E-state index contributed by atoms with van der Waals surface area (Å²) in [5, 5.41) is 10.3. The van der Waals surface area contributed by atoms with Crippen LogP contribution in [0.25, 0.3) is 43.1 Å². The predicted octanol–water partition coefficient (Wildman–Crippen LogP) is 7.76. The van der Waals surface area contributed by atoms with Crippen LogP contribution in [0.2, 0.25) is 0 Å². The van der Waals surface area contributed by atoms with Crippen LogP contribution in [-0.2, 0) is 12.8 Å². The molecule has 0 aliphatic heterocycles. The summed E-state index contributed by atoms with van der Waals surface area (Å²) in [6, 6.07) is 27.3. The van der Waals surface area contributed by atoms with Gasteiger partial charge in [-0.2, -0.15) is 0 Å². The molecule has 0 spiro atoms. The van der Waals surface area contributed by atoms with Gasteiger partial charge < -0.3 is 0 Å². The Balaban J connectivity index is 1.73. The van der Waals surface area contributed by atoms with Crippen LogP contribution in [0.15, 0.2) is 98.1 Å². The molecule has 0 heterocycles. The van der Waals surface area contributed by atoms with Gasteiger partial charge in [0.2, 0.25) is 0 Å². The van der Waals surface area contributed by atoms with Crippen LogP contribution in [0, 0.1) is 0 Å². The molecule has 0 amide bonds. The van der Waals surface area contributed by atoms with Gasteiger partial charge in [-0.25, -0.2) is 0 Å². The molecule has 0 radical (unpaired) electrons. The quantitative estimate of drug-likeness (QED) is 0.227. The van der Waals surface area contributed by atoms with E-state index in [1.807, 2.05) is 12.2 Å². The maximum absolute atomic E-state index is 3.86. The van der Waals surface area contributed by atoms with Crippen molar-refractivity contribution in [3.05, 3.63) is 109 Å². The van der Waals surface area contributed by atoms with Gasteiger partial charge in [0, 0.05) is 0 Å². The molecule has 0 nitrogen and oxygen atoms in total. The van der Waals surface area contributed by atoms with Gasteiger partial charge in [-0.15, -0.1) is 13.2 Å². The standard InChI is InChI=1S/C28H22/c1-3-5-19-7-9-21-13-25-18-28-16-24-12-20(6-4-2)8-10-22(24)14-26(28)17-27(25)15-23(21)11-19/h3-4,7-18H,1-2,5-6H2. The van der Waals surface area contributed by atoms with Crippen molar-refractivity contribution in [2.75, 3.05) is 0 Å². The average Bonchev–Trinajstić information content (AvgIpc) is 2.70. The molecule has 5 rings (SSSR count). The monoisotopic (exact) mass is 358 g/mol. The van der Waals surface area contributed by atoms with Gasteiger partial charge in [0.25, 0.3) is 0 Å². The summed E-state index contributed by atoms with van der Waals surface area (Å²) in [6.07, 6.45) is 5.74. The Kier molecular flexibility index (Phi) is 3.98. The molecule has 0 unspecified atom stereocenters. The second-order valence-electron chi connectivity index (χ2n) is 7.60. The lowest BCUT2D eigenvalue weighted by atomic mass is 9.96. The molecule has 0 heteroatoms. The third-order valence-corrected chi connectivity index (χ3v) is 5.60. The smallest absolute Gasteiger partial charge is 0.00999 e. The van der Waals surface area contributed by atoms with Gasteiger partial charge in [-0.3, -0.25) is 0 Å². The van der Waals surface area contributed by atoms with Gasteiger partial charge in [-0.1, -0.05) is 48.6 Å². The van der Waals surface area contributed by atoms with E-state index in [1.54, 1.807) is 0 Å². The molecular formula is C28H22. The molecule has 0 N–H and O–H groups in total. The van der Waals surface area contributed by atoms with Crippen molar-refractivity contribution in [3.63, 3.8) is 0 Å². The lowest BCUT2D eigenvalue weighted by molar-refractivity contribution is 1.29. The molecule has 0 saturated carbocycles. The van der Waals surface area contributed by atoms with Gasteiger partial charge in [0.1, 0.15) is 0 Å². The second-order valence-corrected chi connectivity index (χ2v) is 7.60. The summed E-state index contributed by atoms with van der Waals surface area (Å²) in [5.41, 5.74) is 2.62. The van der Waals surface area contributed by atoms with E-state index in [2.05, 4.69) is 86.0 Å². The molecular weight excluding hydrogens is 336 g/mol. The Hall–Kier alpha value is -3.38. The number of allylic oxidation sites excluding steroid dienone is 2. The molecule has 0 atom stereocenters.